The summed E-state index contributed by atoms with van der Waals surface area (Å²) >= 11 is 0. The Bertz CT molecular complexity index is 587. The summed E-state index contributed by atoms with van der Waals surface area (Å²) in [6, 6.07) is 0.958. The Morgan fingerprint density at radius 3 is 2.35 bits per heavy atom. The molecule has 1 rings (SSSR count). The second kappa shape index (κ2) is 5.66. The number of hydrogen-bond acceptors (Lipinski definition) is 3. The predicted octanol–water partition coefficient (Wildman–Crippen LogP) is 1.81. The van der Waals surface area contributed by atoms with Crippen LogP contribution in [-0.4, -0.2) is 32.4 Å². The van der Waals surface area contributed by atoms with Crippen molar-refractivity contribution in [1.29, 1.82) is 0 Å². The maximum Gasteiger partial charge on any atom is 0.419 e. The summed E-state index contributed by atoms with van der Waals surface area (Å²) < 4.78 is 75.9. The van der Waals surface area contributed by atoms with Crippen molar-refractivity contribution < 1.29 is 26.0 Å². The summed E-state index contributed by atoms with van der Waals surface area (Å²) in [4.78, 5) is -0.631. The molecular weight excluding hydrogens is 300 g/mol. The van der Waals surface area contributed by atoms with Crippen molar-refractivity contribution in [2.24, 2.45) is 5.73 Å². The first-order chi connectivity index (χ1) is 9.01. The molecule has 0 aliphatic carbocycles. The molecule has 0 aliphatic heterocycles. The quantitative estimate of drug-likeness (QED) is 0.862. The van der Waals surface area contributed by atoms with Gasteiger partial charge in [0.25, 0.3) is 0 Å². The van der Waals surface area contributed by atoms with Gasteiger partial charge in [-0.05, 0) is 25.1 Å². The molecule has 114 valence electrons. The van der Waals surface area contributed by atoms with Crippen molar-refractivity contribution in [2.45, 2.75) is 24.0 Å². The maximum absolute atomic E-state index is 13.1. The van der Waals surface area contributed by atoms with E-state index in [0.717, 1.165) is 10.4 Å². The molecule has 9 heteroatoms. The van der Waals surface area contributed by atoms with Crippen LogP contribution in [0, 0.1) is 5.82 Å². The van der Waals surface area contributed by atoms with Crippen LogP contribution in [0.25, 0.3) is 0 Å². The molecule has 1 unspecified atom stereocenters. The maximum atomic E-state index is 13.1. The first kappa shape index (κ1) is 16.9. The van der Waals surface area contributed by atoms with Gasteiger partial charge in [0.1, 0.15) is 5.82 Å². The van der Waals surface area contributed by atoms with Crippen molar-refractivity contribution in [3.63, 3.8) is 0 Å². The molecule has 0 aliphatic rings. The molecule has 0 heterocycles. The van der Waals surface area contributed by atoms with Crippen LogP contribution in [0.3, 0.4) is 0 Å². The summed E-state index contributed by atoms with van der Waals surface area (Å²) in [5, 5.41) is 0. The van der Waals surface area contributed by atoms with Gasteiger partial charge in [0.05, 0.1) is 10.5 Å². The fourth-order valence-corrected chi connectivity index (χ4v) is 2.83. The van der Waals surface area contributed by atoms with Crippen LogP contribution in [0.4, 0.5) is 17.6 Å². The Kier molecular flexibility index (Phi) is 4.78. The van der Waals surface area contributed by atoms with Crippen LogP contribution in [0.5, 0.6) is 0 Å². The van der Waals surface area contributed by atoms with Crippen LogP contribution >= 0.6 is 0 Å². The molecule has 0 saturated carbocycles. The van der Waals surface area contributed by atoms with Crippen LogP contribution < -0.4 is 5.73 Å². The molecular formula is C11H14F4N2O2S. The van der Waals surface area contributed by atoms with Crippen LogP contribution in [-0.2, 0) is 16.2 Å². The number of halogens is 4. The van der Waals surface area contributed by atoms with Gasteiger partial charge < -0.3 is 5.73 Å². The zero-order valence-corrected chi connectivity index (χ0v) is 11.6. The number of nitrogens with zero attached hydrogens (tertiary/aromatic N) is 1. The van der Waals surface area contributed by atoms with Gasteiger partial charge in [-0.1, -0.05) is 0 Å². The van der Waals surface area contributed by atoms with Crippen molar-refractivity contribution >= 4 is 10.0 Å². The number of sulfonamides is 1. The van der Waals surface area contributed by atoms with Crippen molar-refractivity contribution in [2.75, 3.05) is 13.6 Å². The average Bonchev–Trinajstić information content (AvgIpc) is 2.35. The van der Waals surface area contributed by atoms with E-state index in [1.54, 1.807) is 0 Å². The van der Waals surface area contributed by atoms with Gasteiger partial charge in [-0.3, -0.25) is 0 Å². The zero-order valence-electron chi connectivity index (χ0n) is 10.8. The predicted molar refractivity (Wildman–Crippen MR) is 64.9 cm³/mol. The summed E-state index contributed by atoms with van der Waals surface area (Å²) in [6.45, 7) is 1.51. The number of alkyl halides is 3. The van der Waals surface area contributed by atoms with Gasteiger partial charge >= 0.3 is 6.18 Å². The first-order valence-corrected chi connectivity index (χ1v) is 7.00. The third kappa shape index (κ3) is 3.28. The minimum absolute atomic E-state index is 0.00303. The van der Waals surface area contributed by atoms with Gasteiger partial charge in [-0.15, -0.1) is 0 Å². The fourth-order valence-electron chi connectivity index (χ4n) is 1.43. The van der Waals surface area contributed by atoms with Crippen LogP contribution in [0.2, 0.25) is 0 Å². The average molecular weight is 314 g/mol. The van der Waals surface area contributed by atoms with Crippen LogP contribution in [0.1, 0.15) is 12.5 Å². The van der Waals surface area contributed by atoms with Gasteiger partial charge in [-0.25, -0.2) is 12.8 Å². The molecule has 0 saturated heterocycles. The van der Waals surface area contributed by atoms with Crippen molar-refractivity contribution in [1.82, 2.24) is 4.31 Å². The summed E-state index contributed by atoms with van der Waals surface area (Å²) in [6.07, 6.45) is -4.96. The van der Waals surface area contributed by atoms with Crippen molar-refractivity contribution in [3.8, 4) is 0 Å². The normalized spacial score (nSPS) is 14.6. The molecule has 0 bridgehead atoms. The highest BCUT2D eigenvalue weighted by Gasteiger charge is 2.36. The van der Waals surface area contributed by atoms with E-state index in [-0.39, 0.29) is 12.6 Å². The Morgan fingerprint density at radius 2 is 1.90 bits per heavy atom. The fraction of sp³-hybridized carbons (Fsp3) is 0.455. The molecule has 1 atom stereocenters. The highest BCUT2D eigenvalue weighted by molar-refractivity contribution is 7.89. The highest BCUT2D eigenvalue weighted by atomic mass is 32.2. The number of hydrogen-bond donors (Lipinski definition) is 1. The standard InChI is InChI=1S/C11H14F4N2O2S/c1-7(6-16)17(2)20(18,19)8-3-4-10(12)9(5-8)11(13,14)15/h3-5,7H,6,16H2,1-2H3. The minimum atomic E-state index is -4.96. The zero-order chi connectivity index (χ0) is 15.7. The summed E-state index contributed by atoms with van der Waals surface area (Å²) in [5.74, 6) is -1.52. The molecule has 20 heavy (non-hydrogen) atoms. The second-order valence-corrected chi connectivity index (χ2v) is 6.24. The van der Waals surface area contributed by atoms with Crippen LogP contribution in [0.15, 0.2) is 23.1 Å². The highest BCUT2D eigenvalue weighted by Crippen LogP contribution is 2.33. The topological polar surface area (TPSA) is 63.4 Å². The van der Waals surface area contributed by atoms with E-state index >= 15 is 0 Å². The largest absolute Gasteiger partial charge is 0.419 e. The molecule has 1 aromatic carbocycles. The third-order valence-electron chi connectivity index (χ3n) is 2.88. The van der Waals surface area contributed by atoms with Gasteiger partial charge in [0.15, 0.2) is 0 Å². The molecule has 1 aromatic rings. The molecule has 0 fully saturated rings. The lowest BCUT2D eigenvalue weighted by Gasteiger charge is -2.23. The van der Waals surface area contributed by atoms with E-state index in [1.807, 2.05) is 0 Å². The number of benzene rings is 1. The molecule has 4 nitrogen and oxygen atoms in total. The SMILES string of the molecule is CC(CN)N(C)S(=O)(=O)c1ccc(F)c(C(F)(F)F)c1. The molecule has 2 N–H and O–H groups in total. The Morgan fingerprint density at radius 1 is 1.35 bits per heavy atom. The first-order valence-electron chi connectivity index (χ1n) is 5.56. The smallest absolute Gasteiger partial charge is 0.329 e. The monoisotopic (exact) mass is 314 g/mol. The van der Waals surface area contributed by atoms with Gasteiger partial charge in [0, 0.05) is 19.6 Å². The summed E-state index contributed by atoms with van der Waals surface area (Å²) in [7, 11) is -2.97. The molecule has 0 amide bonds. The van der Waals surface area contributed by atoms with Gasteiger partial charge in [-0.2, -0.15) is 17.5 Å². The van der Waals surface area contributed by atoms with Crippen molar-refractivity contribution in [3.05, 3.63) is 29.6 Å². The van der Waals surface area contributed by atoms with Gasteiger partial charge in [0.2, 0.25) is 10.0 Å². The Labute approximate surface area is 114 Å². The minimum Gasteiger partial charge on any atom is -0.329 e. The number of likely N-dealkylation sites (N-methyl/N-ethyl adjacent to an activating group) is 1. The van der Waals surface area contributed by atoms with E-state index in [2.05, 4.69) is 0 Å². The summed E-state index contributed by atoms with van der Waals surface area (Å²) in [5.41, 5.74) is 3.71. The van der Waals surface area contributed by atoms with E-state index in [4.69, 9.17) is 5.73 Å². The van der Waals surface area contributed by atoms with E-state index in [9.17, 15) is 26.0 Å². The second-order valence-electron chi connectivity index (χ2n) is 4.25. The third-order valence-corrected chi connectivity index (χ3v) is 4.85. The lowest BCUT2D eigenvalue weighted by Crippen LogP contribution is -2.39. The Hall–Kier alpha value is -1.19. The molecule has 0 spiro atoms. The Balaban J connectivity index is 3.34. The van der Waals surface area contributed by atoms with E-state index in [0.29, 0.717) is 6.07 Å². The molecule has 0 aromatic heterocycles. The van der Waals surface area contributed by atoms with E-state index < -0.39 is 38.5 Å². The molecule has 0 radical (unpaired) electrons. The lowest BCUT2D eigenvalue weighted by atomic mass is 10.2. The number of nitrogens with two attached hydrogens (primary N) is 1. The lowest BCUT2D eigenvalue weighted by molar-refractivity contribution is -0.140. The number of rotatable bonds is 4. The van der Waals surface area contributed by atoms with E-state index in [1.165, 1.54) is 14.0 Å².